The molecule has 0 rings (SSSR count). The summed E-state index contributed by atoms with van der Waals surface area (Å²) in [5.41, 5.74) is 11.7. The molecule has 0 saturated heterocycles. The maximum Gasteiger partial charge on any atom is 0.238 e. The quantitative estimate of drug-likeness (QED) is 0.556. The van der Waals surface area contributed by atoms with Gasteiger partial charge in [-0.1, -0.05) is 0 Å². The average Bonchev–Trinajstić information content (AvgIpc) is 1.87. The van der Waals surface area contributed by atoms with E-state index in [9.17, 15) is 9.59 Å². The van der Waals surface area contributed by atoms with E-state index in [0.717, 1.165) is 0 Å². The zero-order valence-corrected chi connectivity index (χ0v) is 5.59. The van der Waals surface area contributed by atoms with Crippen LogP contribution in [0, 0.1) is 0 Å². The molecule has 0 fully saturated rings. The summed E-state index contributed by atoms with van der Waals surface area (Å²) in [4.78, 5) is 19.8. The molecule has 0 aromatic carbocycles. The lowest BCUT2D eigenvalue weighted by atomic mass is 10.1. The summed E-state index contributed by atoms with van der Waals surface area (Å²) in [6.07, 6.45) is 2.71. The third-order valence-corrected chi connectivity index (χ3v) is 1.07. The normalized spacial score (nSPS) is 12.5. The monoisotopic (exact) mass is 142 g/mol. The number of carbonyl (C=O) groups excluding carboxylic acids is 2. The van der Waals surface area contributed by atoms with Crippen LogP contribution in [0.5, 0.6) is 0 Å². The molecular weight excluding hydrogens is 132 g/mol. The fourth-order valence-corrected chi connectivity index (χ4v) is 0.541. The highest BCUT2D eigenvalue weighted by molar-refractivity contribution is 5.72. The van der Waals surface area contributed by atoms with Crippen molar-refractivity contribution in [2.45, 2.75) is 25.3 Å². The highest BCUT2D eigenvalue weighted by Crippen LogP contribution is 1.96. The molecule has 0 aromatic rings. The Morgan fingerprint density at radius 1 is 1.70 bits per heavy atom. The van der Waals surface area contributed by atoms with Crippen LogP contribution >= 0.6 is 0 Å². The van der Waals surface area contributed by atoms with E-state index in [0.29, 0.717) is 12.8 Å². The maximum atomic E-state index is 10.0. The van der Waals surface area contributed by atoms with Gasteiger partial charge in [0.05, 0.1) is 6.04 Å². The van der Waals surface area contributed by atoms with Gasteiger partial charge in [-0.25, -0.2) is 0 Å². The Morgan fingerprint density at radius 3 is 2.70 bits per heavy atom. The summed E-state index contributed by atoms with van der Waals surface area (Å²) >= 11 is 0. The molecule has 0 bridgehead atoms. The number of amides is 1. The van der Waals surface area contributed by atoms with E-state index >= 15 is 0 Å². The highest BCUT2D eigenvalue weighted by Gasteiger charge is 2.01. The SMILES string of the molecule is [NH]C(=O)CCCC(N)[C]=O. The Kier molecular flexibility index (Phi) is 4.49. The summed E-state index contributed by atoms with van der Waals surface area (Å²) in [6.45, 7) is 0. The van der Waals surface area contributed by atoms with Crippen molar-refractivity contribution >= 4 is 12.2 Å². The van der Waals surface area contributed by atoms with Crippen LogP contribution in [-0.2, 0) is 9.59 Å². The van der Waals surface area contributed by atoms with Crippen molar-refractivity contribution in [1.29, 1.82) is 0 Å². The lowest BCUT2D eigenvalue weighted by Crippen LogP contribution is -2.21. The number of carbonyl (C=O) groups is 1. The summed E-state index contributed by atoms with van der Waals surface area (Å²) in [5, 5.41) is 0. The number of hydrogen-bond donors (Lipinski definition) is 1. The second kappa shape index (κ2) is 4.93. The van der Waals surface area contributed by atoms with Gasteiger partial charge in [0.2, 0.25) is 12.2 Å². The summed E-state index contributed by atoms with van der Waals surface area (Å²) in [5.74, 6) is -0.613. The first kappa shape index (κ1) is 9.10. The van der Waals surface area contributed by atoms with Crippen molar-refractivity contribution in [2.24, 2.45) is 5.73 Å². The Bertz CT molecular complexity index is 125. The molecule has 2 radical (unpaired) electrons. The lowest BCUT2D eigenvalue weighted by molar-refractivity contribution is -0.118. The van der Waals surface area contributed by atoms with Crippen LogP contribution in [0.2, 0.25) is 0 Å². The predicted octanol–water partition coefficient (Wildman–Crippen LogP) is -0.597. The largest absolute Gasteiger partial charge is 0.321 e. The molecule has 0 aliphatic carbocycles. The molecule has 1 unspecified atom stereocenters. The first-order valence-corrected chi connectivity index (χ1v) is 3.04. The topological polar surface area (TPSA) is 84.0 Å². The summed E-state index contributed by atoms with van der Waals surface area (Å²) in [6, 6.07) is -0.598. The lowest BCUT2D eigenvalue weighted by Gasteiger charge is -1.98. The van der Waals surface area contributed by atoms with Gasteiger partial charge in [0.15, 0.2) is 0 Å². The summed E-state index contributed by atoms with van der Waals surface area (Å²) < 4.78 is 0. The van der Waals surface area contributed by atoms with Gasteiger partial charge in [-0.15, -0.1) is 0 Å². The van der Waals surface area contributed by atoms with Gasteiger partial charge < -0.3 is 5.73 Å². The van der Waals surface area contributed by atoms with Crippen LogP contribution < -0.4 is 11.5 Å². The highest BCUT2D eigenvalue weighted by atomic mass is 16.1. The van der Waals surface area contributed by atoms with E-state index < -0.39 is 11.9 Å². The molecule has 0 heterocycles. The molecule has 4 heteroatoms. The minimum atomic E-state index is -0.613. The van der Waals surface area contributed by atoms with Crippen LogP contribution in [0.25, 0.3) is 0 Å². The molecule has 1 atom stereocenters. The number of hydrogen-bond acceptors (Lipinski definition) is 3. The molecule has 0 spiro atoms. The minimum Gasteiger partial charge on any atom is -0.321 e. The van der Waals surface area contributed by atoms with Crippen LogP contribution in [0.15, 0.2) is 0 Å². The number of nitrogens with one attached hydrogen (secondary N) is 1. The standard InChI is InChI=1S/C6H10N2O2/c7-5(4-9)2-1-3-6(8)10/h5,8H,1-3,7H2. The Hall–Kier alpha value is -0.900. The molecule has 3 N–H and O–H groups in total. The number of rotatable bonds is 5. The van der Waals surface area contributed by atoms with Crippen molar-refractivity contribution in [3.63, 3.8) is 0 Å². The fraction of sp³-hybridized carbons (Fsp3) is 0.667. The molecule has 0 aromatic heterocycles. The van der Waals surface area contributed by atoms with Crippen molar-refractivity contribution in [1.82, 2.24) is 5.73 Å². The molecule has 4 nitrogen and oxygen atoms in total. The molecule has 56 valence electrons. The van der Waals surface area contributed by atoms with E-state index in [1.807, 2.05) is 0 Å². The Labute approximate surface area is 59.6 Å². The van der Waals surface area contributed by atoms with Gasteiger partial charge in [0.25, 0.3) is 0 Å². The number of nitrogens with two attached hydrogens (primary N) is 1. The van der Waals surface area contributed by atoms with E-state index in [1.165, 1.54) is 0 Å². The van der Waals surface area contributed by atoms with E-state index in [1.54, 1.807) is 6.29 Å². The average molecular weight is 142 g/mol. The van der Waals surface area contributed by atoms with Crippen molar-refractivity contribution in [3.05, 3.63) is 0 Å². The van der Waals surface area contributed by atoms with E-state index in [-0.39, 0.29) is 6.42 Å². The fourth-order valence-electron chi connectivity index (χ4n) is 0.541. The molecule has 0 aliphatic rings. The van der Waals surface area contributed by atoms with Crippen molar-refractivity contribution in [2.75, 3.05) is 0 Å². The van der Waals surface area contributed by atoms with Gasteiger partial charge >= 0.3 is 0 Å². The second-order valence-electron chi connectivity index (χ2n) is 2.04. The van der Waals surface area contributed by atoms with E-state index in [4.69, 9.17) is 11.5 Å². The van der Waals surface area contributed by atoms with Crippen molar-refractivity contribution in [3.8, 4) is 0 Å². The van der Waals surface area contributed by atoms with E-state index in [2.05, 4.69) is 0 Å². The molecule has 10 heavy (non-hydrogen) atoms. The zero-order chi connectivity index (χ0) is 7.98. The van der Waals surface area contributed by atoms with Gasteiger partial charge in [0, 0.05) is 6.42 Å². The van der Waals surface area contributed by atoms with Crippen molar-refractivity contribution < 1.29 is 9.59 Å². The molecular formula is C6H10N2O2. The van der Waals surface area contributed by atoms with Gasteiger partial charge in [-0.2, -0.15) is 0 Å². The van der Waals surface area contributed by atoms with Crippen LogP contribution in [0.1, 0.15) is 19.3 Å². The second-order valence-corrected chi connectivity index (χ2v) is 2.04. The van der Waals surface area contributed by atoms with Gasteiger partial charge in [-0.3, -0.25) is 15.3 Å². The van der Waals surface area contributed by atoms with Crippen LogP contribution in [-0.4, -0.2) is 18.2 Å². The maximum absolute atomic E-state index is 10.0. The third kappa shape index (κ3) is 5.24. The van der Waals surface area contributed by atoms with Crippen LogP contribution in [0.3, 0.4) is 0 Å². The minimum absolute atomic E-state index is 0.176. The molecule has 0 aliphatic heterocycles. The van der Waals surface area contributed by atoms with Gasteiger partial charge in [-0.05, 0) is 12.8 Å². The molecule has 0 saturated carbocycles. The zero-order valence-electron chi connectivity index (χ0n) is 5.59. The molecule has 1 amide bonds. The smallest absolute Gasteiger partial charge is 0.238 e. The first-order chi connectivity index (χ1) is 4.66. The first-order valence-electron chi connectivity index (χ1n) is 3.04. The predicted molar refractivity (Wildman–Crippen MR) is 35.6 cm³/mol. The Balaban J connectivity index is 3.19. The third-order valence-electron chi connectivity index (χ3n) is 1.07. The Morgan fingerprint density at radius 2 is 2.30 bits per heavy atom. The van der Waals surface area contributed by atoms with Gasteiger partial charge in [0.1, 0.15) is 0 Å². The van der Waals surface area contributed by atoms with Crippen LogP contribution in [0.4, 0.5) is 0 Å². The summed E-state index contributed by atoms with van der Waals surface area (Å²) in [7, 11) is 0.